The molecular formula is C12H20N4O2S. The molecule has 1 saturated heterocycles. The Bertz CT molecular complexity index is 540. The molecule has 2 atom stereocenters. The molecule has 19 heavy (non-hydrogen) atoms. The van der Waals surface area contributed by atoms with E-state index >= 15 is 0 Å². The molecule has 6 nitrogen and oxygen atoms in total. The Balaban J connectivity index is 1.42. The predicted octanol–water partition coefficient (Wildman–Crippen LogP) is -0.0509. The third kappa shape index (κ3) is 3.09. The Morgan fingerprint density at radius 3 is 3.05 bits per heavy atom. The minimum atomic E-state index is -2.75. The second-order valence-corrected chi connectivity index (χ2v) is 7.80. The zero-order valence-corrected chi connectivity index (χ0v) is 11.7. The third-order valence-electron chi connectivity index (χ3n) is 3.91. The fourth-order valence-electron chi connectivity index (χ4n) is 2.85. The monoisotopic (exact) mass is 284 g/mol. The summed E-state index contributed by atoms with van der Waals surface area (Å²) in [6.45, 7) is 3.58. The minimum absolute atomic E-state index is 0.293. The maximum Gasteiger partial charge on any atom is 0.150 e. The molecule has 7 heteroatoms. The molecule has 2 N–H and O–H groups in total. The van der Waals surface area contributed by atoms with Crippen LogP contribution in [0.5, 0.6) is 0 Å². The first-order chi connectivity index (χ1) is 9.12. The van der Waals surface area contributed by atoms with Crippen LogP contribution in [-0.4, -0.2) is 49.3 Å². The van der Waals surface area contributed by atoms with E-state index in [1.807, 2.05) is 16.9 Å². The third-order valence-corrected chi connectivity index (χ3v) is 5.75. The molecule has 0 radical (unpaired) electrons. The summed E-state index contributed by atoms with van der Waals surface area (Å²) in [6.07, 6.45) is 2.61. The highest BCUT2D eigenvalue weighted by Gasteiger charge is 2.27. The van der Waals surface area contributed by atoms with Crippen molar-refractivity contribution >= 4 is 15.7 Å². The van der Waals surface area contributed by atoms with Gasteiger partial charge in [-0.05, 0) is 18.9 Å². The van der Waals surface area contributed by atoms with E-state index in [2.05, 4.69) is 15.7 Å². The number of nitrogens with one attached hydrogen (secondary N) is 2. The Morgan fingerprint density at radius 2 is 2.26 bits per heavy atom. The fourth-order valence-corrected chi connectivity index (χ4v) is 4.71. The van der Waals surface area contributed by atoms with Crippen LogP contribution in [0, 0.1) is 11.8 Å². The van der Waals surface area contributed by atoms with Crippen molar-refractivity contribution in [1.29, 1.82) is 0 Å². The first kappa shape index (κ1) is 12.9. The van der Waals surface area contributed by atoms with Gasteiger partial charge in [0.2, 0.25) is 0 Å². The van der Waals surface area contributed by atoms with Crippen molar-refractivity contribution < 1.29 is 8.42 Å². The lowest BCUT2D eigenvalue weighted by Crippen LogP contribution is -2.37. The Kier molecular flexibility index (Phi) is 3.49. The highest BCUT2D eigenvalue weighted by Crippen LogP contribution is 2.18. The standard InChI is InChI=1S/C12H20N4O2S/c17-19(18)4-2-10(9-19)5-13-6-11-7-14-12-1-3-15-16(12)8-11/h1,3,10-11,13-14H,2,4-9H2/t10-,11+/m0/s1. The van der Waals surface area contributed by atoms with Crippen molar-refractivity contribution in [3.63, 3.8) is 0 Å². The highest BCUT2D eigenvalue weighted by atomic mass is 32.2. The average molecular weight is 284 g/mol. The SMILES string of the molecule is O=S1(=O)CC[C@@H](CNC[C@@H]2CNc3ccnn3C2)C1. The highest BCUT2D eigenvalue weighted by molar-refractivity contribution is 7.91. The number of hydrogen-bond acceptors (Lipinski definition) is 5. The van der Waals surface area contributed by atoms with Crippen LogP contribution in [0.2, 0.25) is 0 Å². The number of sulfone groups is 1. The minimum Gasteiger partial charge on any atom is -0.370 e. The number of rotatable bonds is 4. The molecule has 0 aliphatic carbocycles. The molecule has 0 saturated carbocycles. The molecule has 1 aromatic heterocycles. The van der Waals surface area contributed by atoms with E-state index in [1.165, 1.54) is 0 Å². The van der Waals surface area contributed by atoms with Crippen LogP contribution in [0.25, 0.3) is 0 Å². The molecule has 1 fully saturated rings. The Morgan fingerprint density at radius 1 is 1.42 bits per heavy atom. The van der Waals surface area contributed by atoms with E-state index < -0.39 is 9.84 Å². The van der Waals surface area contributed by atoms with Crippen molar-refractivity contribution in [2.45, 2.75) is 13.0 Å². The molecule has 2 aliphatic heterocycles. The van der Waals surface area contributed by atoms with Gasteiger partial charge < -0.3 is 10.6 Å². The lowest BCUT2D eigenvalue weighted by molar-refractivity contribution is 0.379. The van der Waals surface area contributed by atoms with Crippen LogP contribution in [0.3, 0.4) is 0 Å². The van der Waals surface area contributed by atoms with E-state index in [9.17, 15) is 8.42 Å². The van der Waals surface area contributed by atoms with Crippen molar-refractivity contribution in [1.82, 2.24) is 15.1 Å². The van der Waals surface area contributed by atoms with Crippen LogP contribution in [0.1, 0.15) is 6.42 Å². The zero-order valence-electron chi connectivity index (χ0n) is 10.9. The summed E-state index contributed by atoms with van der Waals surface area (Å²) in [5.41, 5.74) is 0. The zero-order chi connectivity index (χ0) is 13.3. The first-order valence-corrected chi connectivity index (χ1v) is 8.61. The molecule has 0 amide bonds. The summed E-state index contributed by atoms with van der Waals surface area (Å²) in [7, 11) is -2.75. The van der Waals surface area contributed by atoms with Crippen LogP contribution in [0.4, 0.5) is 5.82 Å². The topological polar surface area (TPSA) is 76.0 Å². The molecule has 3 heterocycles. The normalized spacial score (nSPS) is 28.8. The van der Waals surface area contributed by atoms with Gasteiger partial charge >= 0.3 is 0 Å². The summed E-state index contributed by atoms with van der Waals surface area (Å²) in [5, 5.41) is 11.0. The van der Waals surface area contributed by atoms with E-state index in [-0.39, 0.29) is 0 Å². The van der Waals surface area contributed by atoms with Gasteiger partial charge in [-0.2, -0.15) is 5.10 Å². The smallest absolute Gasteiger partial charge is 0.150 e. The van der Waals surface area contributed by atoms with E-state index in [1.54, 1.807) is 0 Å². The number of hydrogen-bond donors (Lipinski definition) is 2. The van der Waals surface area contributed by atoms with E-state index in [0.717, 1.165) is 38.4 Å². The van der Waals surface area contributed by atoms with Crippen LogP contribution >= 0.6 is 0 Å². The second-order valence-electron chi connectivity index (χ2n) is 5.57. The molecule has 106 valence electrons. The maximum absolute atomic E-state index is 11.4. The molecule has 3 rings (SSSR count). The average Bonchev–Trinajstić information content (AvgIpc) is 2.95. The molecular weight excluding hydrogens is 264 g/mol. The summed E-state index contributed by atoms with van der Waals surface area (Å²) in [5.74, 6) is 2.60. The van der Waals surface area contributed by atoms with Gasteiger partial charge in [0.05, 0.1) is 17.7 Å². The van der Waals surface area contributed by atoms with Gasteiger partial charge in [0.1, 0.15) is 5.82 Å². The van der Waals surface area contributed by atoms with Gasteiger partial charge in [-0.15, -0.1) is 0 Å². The summed E-state index contributed by atoms with van der Waals surface area (Å²) < 4.78 is 24.7. The summed E-state index contributed by atoms with van der Waals surface area (Å²) in [4.78, 5) is 0. The lowest BCUT2D eigenvalue weighted by atomic mass is 10.1. The maximum atomic E-state index is 11.4. The Labute approximate surface area is 113 Å². The van der Waals surface area contributed by atoms with Crippen LogP contribution < -0.4 is 10.6 Å². The van der Waals surface area contributed by atoms with Gasteiger partial charge in [0.15, 0.2) is 9.84 Å². The largest absolute Gasteiger partial charge is 0.370 e. The van der Waals surface area contributed by atoms with Crippen molar-refractivity contribution in [3.8, 4) is 0 Å². The Hall–Kier alpha value is -1.08. The molecule has 0 bridgehead atoms. The molecule has 0 unspecified atom stereocenters. The van der Waals surface area contributed by atoms with Crippen molar-refractivity contribution in [2.24, 2.45) is 11.8 Å². The van der Waals surface area contributed by atoms with Crippen LogP contribution in [0.15, 0.2) is 12.3 Å². The molecule has 0 aromatic carbocycles. The van der Waals surface area contributed by atoms with Gasteiger partial charge in [-0.3, -0.25) is 0 Å². The lowest BCUT2D eigenvalue weighted by Gasteiger charge is -2.25. The summed E-state index contributed by atoms with van der Waals surface area (Å²) in [6, 6.07) is 1.98. The van der Waals surface area contributed by atoms with Crippen LogP contribution in [-0.2, 0) is 16.4 Å². The van der Waals surface area contributed by atoms with Gasteiger partial charge in [0.25, 0.3) is 0 Å². The fraction of sp³-hybridized carbons (Fsp3) is 0.750. The number of aromatic nitrogens is 2. The van der Waals surface area contributed by atoms with E-state index in [4.69, 9.17) is 0 Å². The van der Waals surface area contributed by atoms with E-state index in [0.29, 0.717) is 23.3 Å². The van der Waals surface area contributed by atoms with Gasteiger partial charge in [0, 0.05) is 31.6 Å². The predicted molar refractivity (Wildman–Crippen MR) is 73.8 cm³/mol. The van der Waals surface area contributed by atoms with Crippen molar-refractivity contribution in [2.75, 3.05) is 36.5 Å². The van der Waals surface area contributed by atoms with Crippen molar-refractivity contribution in [3.05, 3.63) is 12.3 Å². The first-order valence-electron chi connectivity index (χ1n) is 6.79. The quantitative estimate of drug-likeness (QED) is 0.811. The second kappa shape index (κ2) is 5.13. The number of nitrogens with zero attached hydrogens (tertiary/aromatic N) is 2. The number of anilines is 1. The molecule has 2 aliphatic rings. The summed E-state index contributed by atoms with van der Waals surface area (Å²) >= 11 is 0. The van der Waals surface area contributed by atoms with Gasteiger partial charge in [-0.25, -0.2) is 13.1 Å². The molecule has 0 spiro atoms. The number of fused-ring (bicyclic) bond motifs is 1. The van der Waals surface area contributed by atoms with Gasteiger partial charge in [-0.1, -0.05) is 0 Å². The molecule has 1 aromatic rings.